The van der Waals surface area contributed by atoms with E-state index in [1.54, 1.807) is 7.05 Å². The monoisotopic (exact) mass is 436 g/mol. The lowest BCUT2D eigenvalue weighted by atomic mass is 10.0. The Kier molecular flexibility index (Phi) is 5.67. The Morgan fingerprint density at radius 2 is 1.88 bits per heavy atom. The predicted molar refractivity (Wildman–Crippen MR) is 121 cm³/mol. The second-order valence-corrected chi connectivity index (χ2v) is 8.36. The van der Waals surface area contributed by atoms with Crippen LogP contribution in [0.5, 0.6) is 0 Å². The lowest BCUT2D eigenvalue weighted by Gasteiger charge is -2.35. The Morgan fingerprint density at radius 1 is 1.09 bits per heavy atom. The molecule has 3 heterocycles. The fourth-order valence-electron chi connectivity index (χ4n) is 4.63. The first kappa shape index (κ1) is 20.7. The van der Waals surface area contributed by atoms with E-state index in [2.05, 4.69) is 39.8 Å². The maximum Gasteiger partial charge on any atom is 0.325 e. The molecule has 9 heteroatoms. The summed E-state index contributed by atoms with van der Waals surface area (Å²) in [6.07, 6.45) is -0.451. The number of carbonyl (C=O) groups excluding carboxylic acids is 2. The van der Waals surface area contributed by atoms with E-state index in [1.165, 1.54) is 4.90 Å². The molecule has 5 rings (SSSR count). The summed E-state index contributed by atoms with van der Waals surface area (Å²) in [5.41, 5.74) is 1.11. The first-order valence-corrected chi connectivity index (χ1v) is 11.0. The van der Waals surface area contributed by atoms with E-state index in [4.69, 9.17) is 9.73 Å². The highest BCUT2D eigenvalue weighted by Gasteiger charge is 2.49. The van der Waals surface area contributed by atoms with Crippen LogP contribution in [0.3, 0.4) is 0 Å². The number of imide groups is 1. The summed E-state index contributed by atoms with van der Waals surface area (Å²) in [5, 5.41) is 8.11. The number of nitrogens with zero attached hydrogens (tertiary/aromatic N) is 4. The van der Waals surface area contributed by atoms with Crippen LogP contribution in [-0.2, 0) is 16.1 Å². The van der Waals surface area contributed by atoms with Gasteiger partial charge in [0.2, 0.25) is 0 Å². The number of guanidine groups is 1. The fourth-order valence-corrected chi connectivity index (χ4v) is 4.63. The van der Waals surface area contributed by atoms with Crippen molar-refractivity contribution in [3.05, 3.63) is 48.0 Å². The molecule has 3 fully saturated rings. The minimum absolute atomic E-state index is 0.302. The average molecular weight is 437 g/mol. The zero-order chi connectivity index (χ0) is 22.1. The van der Waals surface area contributed by atoms with Crippen LogP contribution in [-0.4, -0.2) is 91.2 Å². The molecule has 32 heavy (non-hydrogen) atoms. The van der Waals surface area contributed by atoms with Gasteiger partial charge in [-0.15, -0.1) is 0 Å². The molecule has 0 bridgehead atoms. The number of rotatable bonds is 5. The molecule has 3 saturated heterocycles. The summed E-state index contributed by atoms with van der Waals surface area (Å²) in [4.78, 5) is 35.7. The average Bonchev–Trinajstić information content (AvgIpc) is 3.17. The molecule has 0 aliphatic carbocycles. The van der Waals surface area contributed by atoms with Crippen molar-refractivity contribution < 1.29 is 14.3 Å². The molecule has 2 aromatic carbocycles. The molecule has 0 aromatic heterocycles. The first-order chi connectivity index (χ1) is 15.6. The molecular weight excluding hydrogens is 408 g/mol. The van der Waals surface area contributed by atoms with Crippen LogP contribution >= 0.6 is 0 Å². The SMILES string of the molecule is CN1C(=O)NC(=O)C2C1NC(=NCCN1CCOCC1)N2Cc1cccc2ccccc12. The third-order valence-electron chi connectivity index (χ3n) is 6.42. The standard InChI is InChI=1S/C23H28N6O3/c1-27-20-19(21(30)26-23(27)31)29(15-17-7-4-6-16-5-2-3-8-18(16)17)22(25-20)24-9-10-28-11-13-32-14-12-28/h2-8,19-20H,9-15H2,1H3,(H,24,25)(H,26,30,31). The van der Waals surface area contributed by atoms with Crippen molar-refractivity contribution in [2.75, 3.05) is 46.4 Å². The second kappa shape index (κ2) is 8.76. The summed E-state index contributed by atoms with van der Waals surface area (Å²) in [6.45, 7) is 5.26. The number of hydrogen-bond acceptors (Lipinski definition) is 5. The van der Waals surface area contributed by atoms with Crippen molar-refractivity contribution in [1.29, 1.82) is 0 Å². The van der Waals surface area contributed by atoms with Gasteiger partial charge in [-0.05, 0) is 16.3 Å². The Hall–Kier alpha value is -3.17. The molecule has 0 radical (unpaired) electrons. The van der Waals surface area contributed by atoms with Gasteiger partial charge in [0.1, 0.15) is 6.17 Å². The van der Waals surface area contributed by atoms with E-state index >= 15 is 0 Å². The van der Waals surface area contributed by atoms with Crippen LogP contribution in [0.2, 0.25) is 0 Å². The number of benzene rings is 2. The maximum absolute atomic E-state index is 12.8. The molecule has 0 spiro atoms. The van der Waals surface area contributed by atoms with Gasteiger partial charge in [0.15, 0.2) is 12.0 Å². The van der Waals surface area contributed by atoms with Crippen LogP contribution < -0.4 is 10.6 Å². The van der Waals surface area contributed by atoms with Gasteiger partial charge in [-0.25, -0.2) is 4.79 Å². The number of amides is 3. The number of carbonyl (C=O) groups is 2. The quantitative estimate of drug-likeness (QED) is 0.721. The lowest BCUT2D eigenvalue weighted by molar-refractivity contribution is -0.127. The minimum Gasteiger partial charge on any atom is -0.379 e. The van der Waals surface area contributed by atoms with Crippen molar-refractivity contribution >= 4 is 28.7 Å². The number of likely N-dealkylation sites (N-methyl/N-ethyl adjacent to an activating group) is 1. The largest absolute Gasteiger partial charge is 0.379 e. The van der Waals surface area contributed by atoms with Crippen LogP contribution in [0.25, 0.3) is 10.8 Å². The van der Waals surface area contributed by atoms with Gasteiger partial charge in [-0.1, -0.05) is 42.5 Å². The summed E-state index contributed by atoms with van der Waals surface area (Å²) >= 11 is 0. The molecule has 2 atom stereocenters. The van der Waals surface area contributed by atoms with Crippen LogP contribution in [0.15, 0.2) is 47.5 Å². The lowest BCUT2D eigenvalue weighted by Crippen LogP contribution is -2.64. The molecule has 3 aliphatic heterocycles. The van der Waals surface area contributed by atoms with Crippen molar-refractivity contribution in [2.45, 2.75) is 18.8 Å². The van der Waals surface area contributed by atoms with Gasteiger partial charge >= 0.3 is 6.03 Å². The normalized spacial score (nSPS) is 25.2. The number of aliphatic imine (C=N–C) groups is 1. The van der Waals surface area contributed by atoms with E-state index in [0.29, 0.717) is 19.0 Å². The van der Waals surface area contributed by atoms with E-state index < -0.39 is 18.2 Å². The van der Waals surface area contributed by atoms with Crippen LogP contribution in [0.1, 0.15) is 5.56 Å². The molecular formula is C23H28N6O3. The van der Waals surface area contributed by atoms with Gasteiger partial charge in [-0.3, -0.25) is 20.0 Å². The van der Waals surface area contributed by atoms with Gasteiger partial charge < -0.3 is 19.9 Å². The van der Waals surface area contributed by atoms with E-state index in [-0.39, 0.29) is 5.91 Å². The maximum atomic E-state index is 12.8. The smallest absolute Gasteiger partial charge is 0.325 e. The first-order valence-electron chi connectivity index (χ1n) is 11.0. The Bertz CT molecular complexity index is 1050. The Labute approximate surface area is 187 Å². The van der Waals surface area contributed by atoms with Crippen molar-refractivity contribution in [1.82, 2.24) is 25.3 Å². The molecule has 0 saturated carbocycles. The van der Waals surface area contributed by atoms with Crippen molar-refractivity contribution in [2.24, 2.45) is 4.99 Å². The molecule has 3 amide bonds. The van der Waals surface area contributed by atoms with Gasteiger partial charge in [0.25, 0.3) is 5.91 Å². The molecule has 2 unspecified atom stereocenters. The number of urea groups is 1. The second-order valence-electron chi connectivity index (χ2n) is 8.36. The third kappa shape index (κ3) is 3.89. The minimum atomic E-state index is -0.543. The Balaban J connectivity index is 1.43. The predicted octanol–water partition coefficient (Wildman–Crippen LogP) is 0.810. The highest BCUT2D eigenvalue weighted by Crippen LogP contribution is 2.26. The fraction of sp³-hybridized carbons (Fsp3) is 0.435. The molecule has 2 N–H and O–H groups in total. The molecule has 168 valence electrons. The summed E-state index contributed by atoms with van der Waals surface area (Å²) in [6, 6.07) is 13.5. The van der Waals surface area contributed by atoms with Crippen molar-refractivity contribution in [3.8, 4) is 0 Å². The summed E-state index contributed by atoms with van der Waals surface area (Å²) in [5.74, 6) is 0.349. The topological polar surface area (TPSA) is 89.5 Å². The van der Waals surface area contributed by atoms with E-state index in [9.17, 15) is 9.59 Å². The van der Waals surface area contributed by atoms with Crippen LogP contribution in [0.4, 0.5) is 4.79 Å². The number of fused-ring (bicyclic) bond motifs is 2. The number of ether oxygens (including phenoxy) is 1. The zero-order valence-corrected chi connectivity index (χ0v) is 18.2. The number of hydrogen-bond donors (Lipinski definition) is 2. The summed E-state index contributed by atoms with van der Waals surface area (Å²) in [7, 11) is 1.69. The number of morpholine rings is 1. The third-order valence-corrected chi connectivity index (χ3v) is 6.42. The van der Waals surface area contributed by atoms with E-state index in [1.807, 2.05) is 23.1 Å². The highest BCUT2D eigenvalue weighted by atomic mass is 16.5. The van der Waals surface area contributed by atoms with Gasteiger partial charge in [0, 0.05) is 33.2 Å². The van der Waals surface area contributed by atoms with Crippen LogP contribution in [0, 0.1) is 0 Å². The molecule has 2 aromatic rings. The molecule has 3 aliphatic rings. The van der Waals surface area contributed by atoms with Gasteiger partial charge in [-0.2, -0.15) is 0 Å². The number of nitrogens with one attached hydrogen (secondary N) is 2. The highest BCUT2D eigenvalue weighted by molar-refractivity contribution is 6.04. The van der Waals surface area contributed by atoms with E-state index in [0.717, 1.165) is 49.2 Å². The zero-order valence-electron chi connectivity index (χ0n) is 18.2. The summed E-state index contributed by atoms with van der Waals surface area (Å²) < 4.78 is 5.42. The Morgan fingerprint density at radius 3 is 2.72 bits per heavy atom. The van der Waals surface area contributed by atoms with Crippen molar-refractivity contribution in [3.63, 3.8) is 0 Å². The molecule has 9 nitrogen and oxygen atoms in total. The van der Waals surface area contributed by atoms with Gasteiger partial charge in [0.05, 0.1) is 19.8 Å².